The number of nitrogens with one attached hydrogen (secondary N) is 1. The molecule has 2 aromatic heterocycles. The molecule has 1 N–H and O–H groups in total. The zero-order valence-electron chi connectivity index (χ0n) is 11.7. The standard InChI is InChI=1S/C15H16N4O2/c1-20-9-8-16-10-13-18-15(19-21-13)14-12-5-3-2-4-11(12)6-7-17-14/h2-7,16H,8-10H2,1H3. The summed E-state index contributed by atoms with van der Waals surface area (Å²) in [5, 5.41) is 9.30. The van der Waals surface area contributed by atoms with Gasteiger partial charge in [-0.15, -0.1) is 0 Å². The van der Waals surface area contributed by atoms with E-state index in [-0.39, 0.29) is 0 Å². The summed E-state index contributed by atoms with van der Waals surface area (Å²) in [6, 6.07) is 9.97. The lowest BCUT2D eigenvalue weighted by Gasteiger charge is -2.00. The van der Waals surface area contributed by atoms with Crippen LogP contribution in [0.4, 0.5) is 0 Å². The zero-order valence-corrected chi connectivity index (χ0v) is 11.7. The molecule has 6 nitrogen and oxygen atoms in total. The van der Waals surface area contributed by atoms with Gasteiger partial charge in [-0.05, 0) is 11.5 Å². The summed E-state index contributed by atoms with van der Waals surface area (Å²) >= 11 is 0. The summed E-state index contributed by atoms with van der Waals surface area (Å²) in [5.74, 6) is 1.05. The first-order valence-corrected chi connectivity index (χ1v) is 6.75. The minimum Gasteiger partial charge on any atom is -0.383 e. The quantitative estimate of drug-likeness (QED) is 0.698. The summed E-state index contributed by atoms with van der Waals surface area (Å²) in [6.07, 6.45) is 1.75. The zero-order chi connectivity index (χ0) is 14.5. The first-order valence-electron chi connectivity index (χ1n) is 6.75. The Balaban J connectivity index is 1.81. The van der Waals surface area contributed by atoms with Crippen molar-refractivity contribution >= 4 is 10.8 Å². The van der Waals surface area contributed by atoms with E-state index >= 15 is 0 Å². The van der Waals surface area contributed by atoms with Crippen LogP contribution >= 0.6 is 0 Å². The highest BCUT2D eigenvalue weighted by atomic mass is 16.5. The smallest absolute Gasteiger partial charge is 0.240 e. The van der Waals surface area contributed by atoms with Crippen molar-refractivity contribution < 1.29 is 9.26 Å². The average molecular weight is 284 g/mol. The van der Waals surface area contributed by atoms with E-state index in [0.29, 0.717) is 24.9 Å². The van der Waals surface area contributed by atoms with Gasteiger partial charge in [0.1, 0.15) is 5.69 Å². The van der Waals surface area contributed by atoms with Crippen LogP contribution in [0.25, 0.3) is 22.3 Å². The number of hydrogen-bond acceptors (Lipinski definition) is 6. The molecule has 3 rings (SSSR count). The molecule has 0 amide bonds. The van der Waals surface area contributed by atoms with Crippen molar-refractivity contribution in [1.29, 1.82) is 0 Å². The number of rotatable bonds is 6. The van der Waals surface area contributed by atoms with Crippen LogP contribution in [0.2, 0.25) is 0 Å². The molecule has 0 spiro atoms. The van der Waals surface area contributed by atoms with Gasteiger partial charge in [-0.3, -0.25) is 4.98 Å². The summed E-state index contributed by atoms with van der Waals surface area (Å²) in [7, 11) is 1.67. The fraction of sp³-hybridized carbons (Fsp3) is 0.267. The molecule has 0 aliphatic heterocycles. The Morgan fingerprint density at radius 3 is 3.05 bits per heavy atom. The topological polar surface area (TPSA) is 73.1 Å². The minimum absolute atomic E-state index is 0.510. The van der Waals surface area contributed by atoms with Crippen LogP contribution in [0.5, 0.6) is 0 Å². The Labute approximate surface area is 122 Å². The molecule has 0 radical (unpaired) electrons. The largest absolute Gasteiger partial charge is 0.383 e. The predicted octanol–water partition coefficient (Wildman–Crippen LogP) is 2.02. The third kappa shape index (κ3) is 3.07. The van der Waals surface area contributed by atoms with E-state index in [1.54, 1.807) is 13.3 Å². The summed E-state index contributed by atoms with van der Waals surface area (Å²) in [4.78, 5) is 8.76. The van der Waals surface area contributed by atoms with Crippen molar-refractivity contribution in [2.24, 2.45) is 0 Å². The second-order valence-corrected chi connectivity index (χ2v) is 4.56. The Morgan fingerprint density at radius 2 is 2.14 bits per heavy atom. The van der Waals surface area contributed by atoms with Gasteiger partial charge in [0.05, 0.1) is 13.2 Å². The Hall–Kier alpha value is -2.31. The molecule has 0 saturated heterocycles. The van der Waals surface area contributed by atoms with E-state index in [2.05, 4.69) is 20.4 Å². The van der Waals surface area contributed by atoms with Crippen molar-refractivity contribution in [3.8, 4) is 11.5 Å². The van der Waals surface area contributed by atoms with Crippen LogP contribution in [-0.4, -0.2) is 35.4 Å². The molecule has 3 aromatic rings. The van der Waals surface area contributed by atoms with Gasteiger partial charge < -0.3 is 14.6 Å². The molecule has 21 heavy (non-hydrogen) atoms. The van der Waals surface area contributed by atoms with Crippen LogP contribution in [0.3, 0.4) is 0 Å². The van der Waals surface area contributed by atoms with E-state index < -0.39 is 0 Å². The van der Waals surface area contributed by atoms with Crippen molar-refractivity contribution in [1.82, 2.24) is 20.4 Å². The SMILES string of the molecule is COCCNCc1nc(-c2nccc3ccccc23)no1. The average Bonchev–Trinajstić information content (AvgIpc) is 3.00. The van der Waals surface area contributed by atoms with E-state index in [9.17, 15) is 0 Å². The molecule has 0 unspecified atom stereocenters. The molecule has 0 atom stereocenters. The fourth-order valence-corrected chi connectivity index (χ4v) is 2.09. The monoisotopic (exact) mass is 284 g/mol. The molecule has 0 saturated carbocycles. The van der Waals surface area contributed by atoms with Crippen molar-refractivity contribution in [2.75, 3.05) is 20.3 Å². The van der Waals surface area contributed by atoms with Gasteiger partial charge in [0, 0.05) is 25.2 Å². The molecule has 0 bridgehead atoms. The first-order chi connectivity index (χ1) is 10.4. The Morgan fingerprint density at radius 1 is 1.24 bits per heavy atom. The molecule has 0 fully saturated rings. The number of fused-ring (bicyclic) bond motifs is 1. The van der Waals surface area contributed by atoms with Crippen molar-refractivity contribution in [3.05, 3.63) is 42.4 Å². The predicted molar refractivity (Wildman–Crippen MR) is 78.6 cm³/mol. The summed E-state index contributed by atoms with van der Waals surface area (Å²) in [5.41, 5.74) is 0.736. The maximum atomic E-state index is 5.24. The maximum Gasteiger partial charge on any atom is 0.240 e. The molecule has 0 aliphatic carbocycles. The number of pyridine rings is 1. The molecular formula is C15H16N4O2. The maximum absolute atomic E-state index is 5.24. The van der Waals surface area contributed by atoms with Crippen LogP contribution in [0.15, 0.2) is 41.1 Å². The number of aromatic nitrogens is 3. The summed E-state index contributed by atoms with van der Waals surface area (Å²) in [6.45, 7) is 1.90. The Bertz CT molecular complexity index is 721. The number of methoxy groups -OCH3 is 1. The van der Waals surface area contributed by atoms with Gasteiger partial charge in [0.2, 0.25) is 11.7 Å². The molecule has 108 valence electrons. The Kier molecular flexibility index (Phi) is 4.18. The van der Waals surface area contributed by atoms with Gasteiger partial charge in [0.15, 0.2) is 0 Å². The van der Waals surface area contributed by atoms with E-state index in [0.717, 1.165) is 23.0 Å². The lowest BCUT2D eigenvalue weighted by atomic mass is 10.1. The lowest BCUT2D eigenvalue weighted by Crippen LogP contribution is -2.18. The second-order valence-electron chi connectivity index (χ2n) is 4.56. The third-order valence-corrected chi connectivity index (χ3v) is 3.11. The highest BCUT2D eigenvalue weighted by molar-refractivity contribution is 5.92. The van der Waals surface area contributed by atoms with Crippen molar-refractivity contribution in [3.63, 3.8) is 0 Å². The summed E-state index contributed by atoms with van der Waals surface area (Å²) < 4.78 is 10.2. The van der Waals surface area contributed by atoms with Crippen molar-refractivity contribution in [2.45, 2.75) is 6.54 Å². The van der Waals surface area contributed by atoms with Crippen LogP contribution in [-0.2, 0) is 11.3 Å². The number of nitrogens with zero attached hydrogens (tertiary/aromatic N) is 3. The molecule has 1 aromatic carbocycles. The van der Waals surface area contributed by atoms with Crippen LogP contribution in [0, 0.1) is 0 Å². The normalized spacial score (nSPS) is 11.1. The lowest BCUT2D eigenvalue weighted by molar-refractivity contribution is 0.197. The molecule has 0 aliphatic rings. The van der Waals surface area contributed by atoms with Gasteiger partial charge in [-0.2, -0.15) is 4.98 Å². The third-order valence-electron chi connectivity index (χ3n) is 3.11. The molecule has 6 heteroatoms. The fourth-order valence-electron chi connectivity index (χ4n) is 2.09. The first kappa shape index (κ1) is 13.7. The van der Waals surface area contributed by atoms with E-state index in [1.807, 2.05) is 30.3 Å². The number of hydrogen-bond donors (Lipinski definition) is 1. The van der Waals surface area contributed by atoms with Crippen LogP contribution in [0.1, 0.15) is 5.89 Å². The van der Waals surface area contributed by atoms with E-state index in [1.165, 1.54) is 0 Å². The van der Waals surface area contributed by atoms with Gasteiger partial charge >= 0.3 is 0 Å². The molecule has 2 heterocycles. The number of benzene rings is 1. The number of ether oxygens (including phenoxy) is 1. The van der Waals surface area contributed by atoms with Gasteiger partial charge in [0.25, 0.3) is 0 Å². The van der Waals surface area contributed by atoms with Crippen LogP contribution < -0.4 is 5.32 Å². The highest BCUT2D eigenvalue weighted by Crippen LogP contribution is 2.23. The second kappa shape index (κ2) is 6.43. The molecular weight excluding hydrogens is 268 g/mol. The highest BCUT2D eigenvalue weighted by Gasteiger charge is 2.12. The van der Waals surface area contributed by atoms with Gasteiger partial charge in [-0.1, -0.05) is 29.4 Å². The van der Waals surface area contributed by atoms with Gasteiger partial charge in [-0.25, -0.2) is 0 Å². The van der Waals surface area contributed by atoms with E-state index in [4.69, 9.17) is 9.26 Å². The minimum atomic E-state index is 0.510.